The minimum Gasteiger partial charge on any atom is -0.309 e. The van der Waals surface area contributed by atoms with E-state index in [9.17, 15) is 0 Å². The van der Waals surface area contributed by atoms with Gasteiger partial charge in [-0.05, 0) is 79.1 Å². The maximum atomic E-state index is 5.18. The smallest absolute Gasteiger partial charge is 0.238 e. The molecule has 288 valence electrons. The number of allylic oxidation sites excluding steroid dienone is 1. The number of aromatic nitrogens is 8. The van der Waals surface area contributed by atoms with E-state index in [1.165, 1.54) is 10.9 Å². The third-order valence-electron chi connectivity index (χ3n) is 11.7. The van der Waals surface area contributed by atoms with Crippen LogP contribution in [0.5, 0.6) is 0 Å². The Morgan fingerprint density at radius 1 is 0.426 bits per heavy atom. The van der Waals surface area contributed by atoms with E-state index in [0.29, 0.717) is 17.6 Å². The molecule has 0 atom stereocenters. The Morgan fingerprint density at radius 3 is 1.72 bits per heavy atom. The molecule has 0 N–H and O–H groups in total. The molecule has 4 heterocycles. The summed E-state index contributed by atoms with van der Waals surface area (Å²) in [6, 6.07) is 62.9. The molecule has 11 aromatic rings. The zero-order valence-corrected chi connectivity index (χ0v) is 33.0. The maximum Gasteiger partial charge on any atom is 0.238 e. The number of hydrogen-bond donors (Lipinski definition) is 0. The summed E-state index contributed by atoms with van der Waals surface area (Å²) in [6.07, 6.45) is 6.24. The summed E-state index contributed by atoms with van der Waals surface area (Å²) in [5.41, 5.74) is 11.5. The molecule has 0 unspecified atom stereocenters. The van der Waals surface area contributed by atoms with Crippen LogP contribution in [-0.2, 0) is 6.42 Å². The molecule has 0 radical (unpaired) electrons. The maximum absolute atomic E-state index is 5.18. The van der Waals surface area contributed by atoms with E-state index in [0.717, 1.165) is 91.1 Å². The predicted octanol–water partition coefficient (Wildman–Crippen LogP) is 12.1. The molecule has 7 aromatic carbocycles. The van der Waals surface area contributed by atoms with Gasteiger partial charge in [0, 0.05) is 49.8 Å². The second-order valence-electron chi connectivity index (χ2n) is 15.3. The van der Waals surface area contributed by atoms with Crippen LogP contribution < -0.4 is 0 Å². The van der Waals surface area contributed by atoms with Gasteiger partial charge in [0.25, 0.3) is 0 Å². The van der Waals surface area contributed by atoms with Gasteiger partial charge in [0.2, 0.25) is 5.95 Å². The van der Waals surface area contributed by atoms with E-state index < -0.39 is 0 Å². The zero-order chi connectivity index (χ0) is 40.3. The molecule has 0 bridgehead atoms. The topological polar surface area (TPSA) is 79.2 Å². The Hall–Kier alpha value is -8.23. The second-order valence-corrected chi connectivity index (χ2v) is 15.3. The monoisotopic (exact) mass is 784 g/mol. The zero-order valence-electron chi connectivity index (χ0n) is 33.0. The van der Waals surface area contributed by atoms with Crippen molar-refractivity contribution in [1.82, 2.24) is 38.9 Å². The molecular formula is C53H36N8. The molecule has 1 aliphatic carbocycles. The van der Waals surface area contributed by atoms with Gasteiger partial charge in [0.15, 0.2) is 23.3 Å². The lowest BCUT2D eigenvalue weighted by Gasteiger charge is -2.13. The highest BCUT2D eigenvalue weighted by atomic mass is 15.3. The number of aryl methyl sites for hydroxylation is 1. The first kappa shape index (κ1) is 34.8. The standard InChI is InChI=1S/C53H36N8/c1-5-18-35(19-6-1)49-54-50(36-20-7-2-8-21-36)56-53(55-49)61-45-30-16-14-27-41(45)48-42(28-17-31-47(48)61)52-58-57-51(60(52)39-24-11-4-12-25-39)37-32-33-46-43(34-37)40-26-13-15-29-44(40)59(46)38-22-9-3-10-23-38/h1-13,15-26,28-34H,14,27H2. The van der Waals surface area contributed by atoms with E-state index >= 15 is 0 Å². The van der Waals surface area contributed by atoms with Gasteiger partial charge in [0.05, 0.1) is 22.2 Å². The van der Waals surface area contributed by atoms with Crippen LogP contribution in [0.4, 0.5) is 0 Å². The molecule has 4 aromatic heterocycles. The predicted molar refractivity (Wildman–Crippen MR) is 245 cm³/mol. The quantitative estimate of drug-likeness (QED) is 0.161. The van der Waals surface area contributed by atoms with Gasteiger partial charge in [0.1, 0.15) is 0 Å². The normalized spacial score (nSPS) is 12.4. The van der Waals surface area contributed by atoms with Crippen LogP contribution in [0.2, 0.25) is 0 Å². The van der Waals surface area contributed by atoms with Crippen molar-refractivity contribution in [2.75, 3.05) is 0 Å². The molecule has 0 aliphatic heterocycles. The highest BCUT2D eigenvalue weighted by Gasteiger charge is 2.27. The van der Waals surface area contributed by atoms with Crippen LogP contribution in [0.25, 0.3) is 102 Å². The minimum absolute atomic E-state index is 0.566. The van der Waals surface area contributed by atoms with Gasteiger partial charge in [-0.15, -0.1) is 10.2 Å². The molecule has 0 amide bonds. The molecule has 12 rings (SSSR count). The third kappa shape index (κ3) is 5.72. The number of rotatable bonds is 7. The van der Waals surface area contributed by atoms with Crippen molar-refractivity contribution in [2.45, 2.75) is 12.8 Å². The summed E-state index contributed by atoms with van der Waals surface area (Å²) < 4.78 is 6.74. The Labute approximate surface area is 351 Å². The van der Waals surface area contributed by atoms with Crippen LogP contribution in [0, 0.1) is 0 Å². The lowest BCUT2D eigenvalue weighted by atomic mass is 9.97. The van der Waals surface area contributed by atoms with Crippen molar-refractivity contribution >= 4 is 38.8 Å². The van der Waals surface area contributed by atoms with Crippen molar-refractivity contribution in [2.24, 2.45) is 0 Å². The summed E-state index contributed by atoms with van der Waals surface area (Å²) in [5.74, 6) is 3.33. The number of para-hydroxylation sites is 3. The average molecular weight is 785 g/mol. The summed E-state index contributed by atoms with van der Waals surface area (Å²) in [7, 11) is 0. The largest absolute Gasteiger partial charge is 0.309 e. The van der Waals surface area contributed by atoms with Crippen LogP contribution >= 0.6 is 0 Å². The van der Waals surface area contributed by atoms with Gasteiger partial charge >= 0.3 is 0 Å². The fraction of sp³-hybridized carbons (Fsp3) is 0.0377. The van der Waals surface area contributed by atoms with Crippen molar-refractivity contribution in [3.63, 3.8) is 0 Å². The molecule has 0 saturated heterocycles. The molecule has 1 aliphatic rings. The van der Waals surface area contributed by atoms with E-state index in [1.54, 1.807) is 0 Å². The van der Waals surface area contributed by atoms with Gasteiger partial charge in [-0.2, -0.15) is 9.97 Å². The van der Waals surface area contributed by atoms with Crippen molar-refractivity contribution in [3.05, 3.63) is 199 Å². The number of hydrogen-bond acceptors (Lipinski definition) is 5. The van der Waals surface area contributed by atoms with E-state index in [4.69, 9.17) is 25.1 Å². The molecule has 0 fully saturated rings. The first-order valence-electron chi connectivity index (χ1n) is 20.6. The van der Waals surface area contributed by atoms with Gasteiger partial charge < -0.3 is 4.57 Å². The number of benzene rings is 7. The minimum atomic E-state index is 0.566. The summed E-state index contributed by atoms with van der Waals surface area (Å²) in [5, 5.41) is 13.5. The lowest BCUT2D eigenvalue weighted by Crippen LogP contribution is -2.08. The summed E-state index contributed by atoms with van der Waals surface area (Å²) in [4.78, 5) is 15.4. The fourth-order valence-corrected chi connectivity index (χ4v) is 9.02. The molecule has 0 saturated carbocycles. The van der Waals surface area contributed by atoms with Crippen LogP contribution in [-0.4, -0.2) is 38.9 Å². The van der Waals surface area contributed by atoms with Crippen LogP contribution in [0.3, 0.4) is 0 Å². The van der Waals surface area contributed by atoms with Crippen molar-refractivity contribution < 1.29 is 0 Å². The Morgan fingerprint density at radius 2 is 1.02 bits per heavy atom. The Kier molecular flexibility index (Phi) is 8.12. The lowest BCUT2D eigenvalue weighted by molar-refractivity contribution is 0.902. The Bertz CT molecular complexity index is 3400. The highest BCUT2D eigenvalue weighted by Crippen LogP contribution is 2.41. The van der Waals surface area contributed by atoms with E-state index in [-0.39, 0.29) is 0 Å². The van der Waals surface area contributed by atoms with Crippen LogP contribution in [0.15, 0.2) is 188 Å². The average Bonchev–Trinajstić information content (AvgIpc) is 4.03. The molecule has 8 nitrogen and oxygen atoms in total. The van der Waals surface area contributed by atoms with Gasteiger partial charge in [-0.25, -0.2) is 4.98 Å². The van der Waals surface area contributed by atoms with Crippen molar-refractivity contribution in [3.8, 4) is 62.9 Å². The first-order valence-corrected chi connectivity index (χ1v) is 20.6. The number of nitrogens with zero attached hydrogens (tertiary/aromatic N) is 8. The highest BCUT2D eigenvalue weighted by molar-refractivity contribution is 6.10. The summed E-state index contributed by atoms with van der Waals surface area (Å²) >= 11 is 0. The third-order valence-corrected chi connectivity index (χ3v) is 11.7. The number of fused-ring (bicyclic) bond motifs is 6. The van der Waals surface area contributed by atoms with Gasteiger partial charge in [-0.1, -0.05) is 133 Å². The van der Waals surface area contributed by atoms with E-state index in [1.807, 2.05) is 66.7 Å². The van der Waals surface area contributed by atoms with Crippen LogP contribution in [0.1, 0.15) is 17.7 Å². The van der Waals surface area contributed by atoms with E-state index in [2.05, 4.69) is 141 Å². The van der Waals surface area contributed by atoms with Gasteiger partial charge in [-0.3, -0.25) is 9.13 Å². The molecule has 0 spiro atoms. The SMILES string of the molecule is C1=Cc2c(c3c(-c4nnc(-c5ccc6c(c5)c5ccccc5n6-c5ccccc5)n4-c4ccccc4)cccc3n2-c2nc(-c3ccccc3)nc(-c3ccccc3)n2)CC1. The first-order chi connectivity index (χ1) is 30.3. The second kappa shape index (κ2) is 14.2. The summed E-state index contributed by atoms with van der Waals surface area (Å²) in [6.45, 7) is 0. The molecular weight excluding hydrogens is 749 g/mol. The molecule has 61 heavy (non-hydrogen) atoms. The van der Waals surface area contributed by atoms with Crippen molar-refractivity contribution in [1.29, 1.82) is 0 Å². The fourth-order valence-electron chi connectivity index (χ4n) is 9.02. The molecule has 8 heteroatoms. The Balaban J connectivity index is 1.08.